The van der Waals surface area contributed by atoms with Crippen molar-refractivity contribution in [2.75, 3.05) is 0 Å². The van der Waals surface area contributed by atoms with Gasteiger partial charge in [0.15, 0.2) is 6.29 Å². The second-order valence-electron chi connectivity index (χ2n) is 3.28. The third kappa shape index (κ3) is 2.35. The number of benzene rings is 1. The van der Waals surface area contributed by atoms with E-state index < -0.39 is 4.92 Å². The Balaban J connectivity index is 2.33. The predicted octanol–water partition coefficient (Wildman–Crippen LogP) is 1.08. The van der Waals surface area contributed by atoms with Crippen LogP contribution >= 0.6 is 11.8 Å². The largest absolute Gasteiger partial charge is 0.298 e. The highest BCUT2D eigenvalue weighted by molar-refractivity contribution is 7.99. The number of nitro benzene ring substituents is 1. The van der Waals surface area contributed by atoms with Crippen LogP contribution in [-0.4, -0.2) is 31.4 Å². The molecule has 0 radical (unpaired) electrons. The molecule has 8 nitrogen and oxygen atoms in total. The summed E-state index contributed by atoms with van der Waals surface area (Å²) in [7, 11) is 1.67. The Bertz CT molecular complexity index is 612. The average molecular weight is 265 g/mol. The van der Waals surface area contributed by atoms with Crippen LogP contribution in [0.1, 0.15) is 10.4 Å². The minimum absolute atomic E-state index is 0.0279. The van der Waals surface area contributed by atoms with Crippen LogP contribution in [0, 0.1) is 10.1 Å². The third-order valence-electron chi connectivity index (χ3n) is 2.11. The quantitative estimate of drug-likeness (QED) is 0.462. The number of nitrogens with zero attached hydrogens (tertiary/aromatic N) is 5. The Hall–Kier alpha value is -2.29. The molecule has 0 unspecified atom stereocenters. The Kier molecular flexibility index (Phi) is 3.33. The number of rotatable bonds is 4. The normalized spacial score (nSPS) is 10.3. The van der Waals surface area contributed by atoms with E-state index in [-0.39, 0.29) is 11.3 Å². The van der Waals surface area contributed by atoms with E-state index in [0.29, 0.717) is 16.3 Å². The summed E-state index contributed by atoms with van der Waals surface area (Å²) >= 11 is 1.22. The zero-order chi connectivity index (χ0) is 13.1. The molecule has 0 amide bonds. The Morgan fingerprint density at radius 3 is 2.83 bits per heavy atom. The highest BCUT2D eigenvalue weighted by Gasteiger charge is 2.14. The van der Waals surface area contributed by atoms with Crippen LogP contribution in [0.3, 0.4) is 0 Å². The summed E-state index contributed by atoms with van der Waals surface area (Å²) in [4.78, 5) is 21.5. The zero-order valence-corrected chi connectivity index (χ0v) is 9.99. The maximum atomic E-state index is 10.8. The molecule has 0 atom stereocenters. The molecule has 9 heteroatoms. The second kappa shape index (κ2) is 4.92. The number of aromatic nitrogens is 4. The van der Waals surface area contributed by atoms with Gasteiger partial charge in [-0.2, -0.15) is 0 Å². The summed E-state index contributed by atoms with van der Waals surface area (Å²) in [5, 5.41) is 22.1. The maximum absolute atomic E-state index is 10.8. The fourth-order valence-corrected chi connectivity index (χ4v) is 2.05. The van der Waals surface area contributed by atoms with Gasteiger partial charge >= 0.3 is 0 Å². The molecular formula is C9H7N5O3S. The Labute approximate surface area is 105 Å². The molecule has 18 heavy (non-hydrogen) atoms. The first-order valence-electron chi connectivity index (χ1n) is 4.75. The minimum atomic E-state index is -0.595. The van der Waals surface area contributed by atoms with Crippen LogP contribution < -0.4 is 0 Å². The molecule has 0 aliphatic carbocycles. The average Bonchev–Trinajstić information content (AvgIpc) is 2.74. The molecular weight excluding hydrogens is 258 g/mol. The van der Waals surface area contributed by atoms with Crippen LogP contribution in [0.15, 0.2) is 28.3 Å². The second-order valence-corrected chi connectivity index (χ2v) is 4.32. The standard InChI is InChI=1S/C9H7N5O3S/c1-13-9(10-11-12-13)18-7-2-3-8(14(16)17)6(4-7)5-15/h2-5H,1H3. The van der Waals surface area contributed by atoms with Crippen molar-refractivity contribution in [1.82, 2.24) is 20.2 Å². The molecule has 0 spiro atoms. The molecule has 1 aromatic heterocycles. The molecule has 0 N–H and O–H groups in total. The SMILES string of the molecule is Cn1nnnc1Sc1ccc([N+](=O)[O-])c(C=O)c1. The molecule has 0 aliphatic rings. The summed E-state index contributed by atoms with van der Waals surface area (Å²) in [6.07, 6.45) is 0.455. The number of tetrazole rings is 1. The van der Waals surface area contributed by atoms with E-state index in [9.17, 15) is 14.9 Å². The van der Waals surface area contributed by atoms with Crippen molar-refractivity contribution in [2.24, 2.45) is 7.05 Å². The number of hydrogen-bond acceptors (Lipinski definition) is 7. The van der Waals surface area contributed by atoms with Crippen molar-refractivity contribution in [2.45, 2.75) is 10.1 Å². The van der Waals surface area contributed by atoms with E-state index in [2.05, 4.69) is 15.5 Å². The van der Waals surface area contributed by atoms with Gasteiger partial charge in [0.1, 0.15) is 0 Å². The van der Waals surface area contributed by atoms with Gasteiger partial charge in [0.2, 0.25) is 5.16 Å². The van der Waals surface area contributed by atoms with Gasteiger partial charge in [-0.25, -0.2) is 4.68 Å². The van der Waals surface area contributed by atoms with Crippen molar-refractivity contribution in [3.8, 4) is 0 Å². The lowest BCUT2D eigenvalue weighted by Crippen LogP contribution is -1.95. The topological polar surface area (TPSA) is 104 Å². The van der Waals surface area contributed by atoms with Gasteiger partial charge in [-0.15, -0.1) is 5.10 Å². The Morgan fingerprint density at radius 1 is 1.50 bits per heavy atom. The number of carbonyl (C=O) groups is 1. The summed E-state index contributed by atoms with van der Waals surface area (Å²) < 4.78 is 1.46. The summed E-state index contributed by atoms with van der Waals surface area (Å²) in [6.45, 7) is 0. The van der Waals surface area contributed by atoms with Gasteiger partial charge in [-0.05, 0) is 34.3 Å². The molecule has 92 valence electrons. The lowest BCUT2D eigenvalue weighted by atomic mass is 10.2. The van der Waals surface area contributed by atoms with Crippen LogP contribution in [0.2, 0.25) is 0 Å². The third-order valence-corrected chi connectivity index (χ3v) is 3.13. The van der Waals surface area contributed by atoms with E-state index in [0.717, 1.165) is 0 Å². The van der Waals surface area contributed by atoms with Crippen LogP contribution in [0.5, 0.6) is 0 Å². The van der Waals surface area contributed by atoms with Gasteiger partial charge in [0, 0.05) is 18.0 Å². The molecule has 1 heterocycles. The van der Waals surface area contributed by atoms with Crippen molar-refractivity contribution >= 4 is 23.7 Å². The summed E-state index contributed by atoms with van der Waals surface area (Å²) in [5.41, 5.74) is -0.189. The first-order valence-corrected chi connectivity index (χ1v) is 5.57. The van der Waals surface area contributed by atoms with Crippen molar-refractivity contribution < 1.29 is 9.72 Å². The lowest BCUT2D eigenvalue weighted by molar-refractivity contribution is -0.385. The van der Waals surface area contributed by atoms with Gasteiger partial charge in [-0.1, -0.05) is 0 Å². The van der Waals surface area contributed by atoms with Crippen LogP contribution in [-0.2, 0) is 7.05 Å². The molecule has 0 saturated carbocycles. The highest BCUT2D eigenvalue weighted by Crippen LogP contribution is 2.28. The molecule has 0 fully saturated rings. The van der Waals surface area contributed by atoms with Crippen molar-refractivity contribution in [3.05, 3.63) is 33.9 Å². The minimum Gasteiger partial charge on any atom is -0.298 e. The monoisotopic (exact) mass is 265 g/mol. The smallest absolute Gasteiger partial charge is 0.279 e. The number of aldehydes is 1. The van der Waals surface area contributed by atoms with Crippen LogP contribution in [0.4, 0.5) is 5.69 Å². The van der Waals surface area contributed by atoms with Crippen molar-refractivity contribution in [3.63, 3.8) is 0 Å². The van der Waals surface area contributed by atoms with E-state index >= 15 is 0 Å². The number of nitro groups is 1. The molecule has 2 aromatic rings. The van der Waals surface area contributed by atoms with Gasteiger partial charge < -0.3 is 0 Å². The fourth-order valence-electron chi connectivity index (χ4n) is 1.27. The first-order chi connectivity index (χ1) is 8.61. The van der Waals surface area contributed by atoms with E-state index in [1.54, 1.807) is 13.1 Å². The maximum Gasteiger partial charge on any atom is 0.279 e. The van der Waals surface area contributed by atoms with Gasteiger partial charge in [0.25, 0.3) is 5.69 Å². The van der Waals surface area contributed by atoms with E-state index in [1.807, 2.05) is 0 Å². The van der Waals surface area contributed by atoms with Gasteiger partial charge in [-0.3, -0.25) is 14.9 Å². The Morgan fingerprint density at radius 2 is 2.28 bits per heavy atom. The predicted molar refractivity (Wildman–Crippen MR) is 61.4 cm³/mol. The summed E-state index contributed by atoms with van der Waals surface area (Å²) in [6, 6.07) is 4.27. The number of carbonyl (C=O) groups excluding carboxylic acids is 1. The highest BCUT2D eigenvalue weighted by atomic mass is 32.2. The molecule has 0 aliphatic heterocycles. The molecule has 0 bridgehead atoms. The van der Waals surface area contributed by atoms with Gasteiger partial charge in [0.05, 0.1) is 10.5 Å². The fraction of sp³-hybridized carbons (Fsp3) is 0.111. The van der Waals surface area contributed by atoms with E-state index in [4.69, 9.17) is 0 Å². The van der Waals surface area contributed by atoms with Crippen LogP contribution in [0.25, 0.3) is 0 Å². The number of aryl methyl sites for hydroxylation is 1. The molecule has 1 aromatic carbocycles. The first kappa shape index (κ1) is 12.2. The molecule has 0 saturated heterocycles. The summed E-state index contributed by atoms with van der Waals surface area (Å²) in [5.74, 6) is 0. The molecule has 2 rings (SSSR count). The van der Waals surface area contributed by atoms with Crippen molar-refractivity contribution in [1.29, 1.82) is 0 Å². The van der Waals surface area contributed by atoms with E-state index in [1.165, 1.54) is 28.6 Å². The lowest BCUT2D eigenvalue weighted by Gasteiger charge is -2.01. The zero-order valence-electron chi connectivity index (χ0n) is 9.18. The number of hydrogen-bond donors (Lipinski definition) is 0.